The van der Waals surface area contributed by atoms with E-state index in [0.717, 1.165) is 16.7 Å². The van der Waals surface area contributed by atoms with Crippen LogP contribution in [0.3, 0.4) is 0 Å². The zero-order chi connectivity index (χ0) is 16.4. The Bertz CT molecular complexity index is 898. The van der Waals surface area contributed by atoms with Crippen LogP contribution in [0.25, 0.3) is 5.69 Å². The largest absolute Gasteiger partial charge is 0.508 e. The van der Waals surface area contributed by atoms with Gasteiger partial charge in [0.1, 0.15) is 18.1 Å². The molecule has 0 fully saturated rings. The Morgan fingerprint density at radius 2 is 2.04 bits per heavy atom. The summed E-state index contributed by atoms with van der Waals surface area (Å²) in [5, 5.41) is 19.0. The lowest BCUT2D eigenvalue weighted by Crippen LogP contribution is -2.18. The average Bonchev–Trinajstić information content (AvgIpc) is 2.93. The third-order valence-electron chi connectivity index (χ3n) is 3.62. The summed E-state index contributed by atoms with van der Waals surface area (Å²) in [6, 6.07) is 10.5. The minimum Gasteiger partial charge on any atom is -0.508 e. The number of aromatic nitrogens is 4. The van der Waals surface area contributed by atoms with Crippen LogP contribution in [-0.4, -0.2) is 25.3 Å². The van der Waals surface area contributed by atoms with E-state index in [9.17, 15) is 9.90 Å². The van der Waals surface area contributed by atoms with Crippen molar-refractivity contribution in [1.82, 2.24) is 20.2 Å². The Labute approximate surface area is 132 Å². The first-order chi connectivity index (χ1) is 11.1. The molecule has 2 N–H and O–H groups in total. The molecule has 0 amide bonds. The predicted octanol–water partition coefficient (Wildman–Crippen LogP) is 1.86. The molecule has 1 heterocycles. The predicted molar refractivity (Wildman–Crippen MR) is 83.9 cm³/mol. The fourth-order valence-corrected chi connectivity index (χ4v) is 2.37. The maximum Gasteiger partial charge on any atom is 0.365 e. The van der Waals surface area contributed by atoms with Crippen molar-refractivity contribution in [2.45, 2.75) is 20.5 Å². The fourth-order valence-electron chi connectivity index (χ4n) is 2.37. The maximum atomic E-state index is 11.8. The summed E-state index contributed by atoms with van der Waals surface area (Å²) in [6.07, 6.45) is 0. The van der Waals surface area contributed by atoms with Crippen molar-refractivity contribution in [1.29, 1.82) is 0 Å². The molecule has 0 aliphatic carbocycles. The van der Waals surface area contributed by atoms with Crippen LogP contribution in [0.1, 0.15) is 16.7 Å². The van der Waals surface area contributed by atoms with Crippen LogP contribution in [-0.2, 0) is 6.61 Å². The van der Waals surface area contributed by atoms with Crippen molar-refractivity contribution < 1.29 is 9.84 Å². The number of benzene rings is 2. The van der Waals surface area contributed by atoms with Crippen molar-refractivity contribution in [3.8, 4) is 17.2 Å². The minimum atomic E-state index is -0.405. The number of aromatic hydroxyl groups is 1. The lowest BCUT2D eigenvalue weighted by molar-refractivity contribution is 0.302. The molecular weight excluding hydrogens is 296 g/mol. The number of hydrogen-bond donors (Lipinski definition) is 2. The van der Waals surface area contributed by atoms with Crippen molar-refractivity contribution in [3.63, 3.8) is 0 Å². The van der Waals surface area contributed by atoms with Gasteiger partial charge in [-0.05, 0) is 59.7 Å². The molecule has 0 bridgehead atoms. The highest BCUT2D eigenvalue weighted by Gasteiger charge is 2.12. The van der Waals surface area contributed by atoms with Gasteiger partial charge in [-0.3, -0.25) is 0 Å². The zero-order valence-electron chi connectivity index (χ0n) is 12.8. The molecule has 3 aromatic rings. The van der Waals surface area contributed by atoms with E-state index in [2.05, 4.69) is 15.5 Å². The summed E-state index contributed by atoms with van der Waals surface area (Å²) in [5.74, 6) is 0.866. The van der Waals surface area contributed by atoms with Gasteiger partial charge in [-0.25, -0.2) is 9.89 Å². The SMILES string of the molecule is Cc1cc(O)ccc1OCc1c(C)cccc1-n1nn[nH]c1=O. The van der Waals surface area contributed by atoms with Gasteiger partial charge < -0.3 is 9.84 Å². The number of hydrogen-bond acceptors (Lipinski definition) is 5. The number of nitrogens with one attached hydrogen (secondary N) is 1. The van der Waals surface area contributed by atoms with Gasteiger partial charge in [-0.2, -0.15) is 4.68 Å². The van der Waals surface area contributed by atoms with Gasteiger partial charge >= 0.3 is 5.69 Å². The topological polar surface area (TPSA) is 93.0 Å². The molecule has 0 saturated heterocycles. The minimum absolute atomic E-state index is 0.195. The summed E-state index contributed by atoms with van der Waals surface area (Å²) < 4.78 is 7.06. The summed E-state index contributed by atoms with van der Waals surface area (Å²) in [4.78, 5) is 11.8. The van der Waals surface area contributed by atoms with Crippen LogP contribution in [0.2, 0.25) is 0 Å². The Kier molecular flexibility index (Phi) is 3.84. The number of aryl methyl sites for hydroxylation is 2. The van der Waals surface area contributed by atoms with Gasteiger partial charge in [0, 0.05) is 5.56 Å². The molecule has 3 rings (SSSR count). The molecule has 0 aliphatic heterocycles. The number of H-pyrrole nitrogens is 1. The second-order valence-electron chi connectivity index (χ2n) is 5.23. The molecule has 0 radical (unpaired) electrons. The van der Waals surface area contributed by atoms with E-state index in [1.54, 1.807) is 24.3 Å². The molecular formula is C16H16N4O3. The molecule has 23 heavy (non-hydrogen) atoms. The lowest BCUT2D eigenvalue weighted by Gasteiger charge is -2.14. The molecule has 118 valence electrons. The number of aromatic amines is 1. The number of phenols is 1. The Hall–Kier alpha value is -3.09. The van der Waals surface area contributed by atoms with Gasteiger partial charge in [-0.15, -0.1) is 0 Å². The van der Waals surface area contributed by atoms with E-state index >= 15 is 0 Å². The summed E-state index contributed by atoms with van der Waals surface area (Å²) in [6.45, 7) is 4.07. The zero-order valence-corrected chi connectivity index (χ0v) is 12.8. The van der Waals surface area contributed by atoms with Gasteiger partial charge in [0.2, 0.25) is 0 Å². The Morgan fingerprint density at radius 3 is 2.74 bits per heavy atom. The summed E-state index contributed by atoms with van der Waals surface area (Å²) in [5.41, 5.74) is 2.88. The Balaban J connectivity index is 1.94. The highest BCUT2D eigenvalue weighted by atomic mass is 16.5. The first-order valence-electron chi connectivity index (χ1n) is 7.08. The molecule has 7 nitrogen and oxygen atoms in total. The first kappa shape index (κ1) is 14.8. The van der Waals surface area contributed by atoms with E-state index in [1.807, 2.05) is 26.0 Å². The number of phenolic OH excluding ortho intramolecular Hbond substituents is 1. The van der Waals surface area contributed by atoms with Crippen LogP contribution >= 0.6 is 0 Å². The first-order valence-corrected chi connectivity index (χ1v) is 7.08. The van der Waals surface area contributed by atoms with Crippen molar-refractivity contribution in [3.05, 3.63) is 63.6 Å². The Morgan fingerprint density at radius 1 is 1.22 bits per heavy atom. The van der Waals surface area contributed by atoms with Gasteiger partial charge in [0.15, 0.2) is 0 Å². The molecule has 0 atom stereocenters. The third-order valence-corrected chi connectivity index (χ3v) is 3.62. The molecule has 0 aliphatic rings. The van der Waals surface area contributed by atoms with E-state index < -0.39 is 5.69 Å². The standard InChI is InChI=1S/C16H16N4O3/c1-10-4-3-5-14(20-16(22)17-18-19-20)13(10)9-23-15-7-6-12(21)8-11(15)2/h3-8,21H,9H2,1-2H3,(H,17,19,22). The van der Waals surface area contributed by atoms with Gasteiger partial charge in [-0.1, -0.05) is 12.1 Å². The lowest BCUT2D eigenvalue weighted by atomic mass is 10.1. The van der Waals surface area contributed by atoms with Crippen LogP contribution in [0.5, 0.6) is 11.5 Å². The quantitative estimate of drug-likeness (QED) is 0.767. The second kappa shape index (κ2) is 5.96. The van der Waals surface area contributed by atoms with E-state index in [4.69, 9.17) is 4.74 Å². The third kappa shape index (κ3) is 2.94. The van der Waals surface area contributed by atoms with Crippen molar-refractivity contribution in [2.75, 3.05) is 0 Å². The second-order valence-corrected chi connectivity index (χ2v) is 5.23. The summed E-state index contributed by atoms with van der Waals surface area (Å²) >= 11 is 0. The number of ether oxygens (including phenoxy) is 1. The van der Waals surface area contributed by atoms with Crippen LogP contribution in [0.15, 0.2) is 41.2 Å². The fraction of sp³-hybridized carbons (Fsp3) is 0.188. The van der Waals surface area contributed by atoms with Crippen LogP contribution in [0, 0.1) is 13.8 Å². The number of nitrogens with zero attached hydrogens (tertiary/aromatic N) is 3. The highest BCUT2D eigenvalue weighted by Crippen LogP contribution is 2.25. The van der Waals surface area contributed by atoms with Gasteiger partial charge in [0.25, 0.3) is 0 Å². The molecule has 0 saturated carbocycles. The molecule has 0 unspecified atom stereocenters. The molecule has 2 aromatic carbocycles. The van der Waals surface area contributed by atoms with Crippen molar-refractivity contribution >= 4 is 0 Å². The number of tetrazole rings is 1. The van der Waals surface area contributed by atoms with E-state index in [-0.39, 0.29) is 12.4 Å². The molecule has 1 aromatic heterocycles. The van der Waals surface area contributed by atoms with Crippen molar-refractivity contribution in [2.24, 2.45) is 0 Å². The van der Waals surface area contributed by atoms with Crippen LogP contribution in [0.4, 0.5) is 0 Å². The monoisotopic (exact) mass is 312 g/mol. The maximum absolute atomic E-state index is 11.8. The average molecular weight is 312 g/mol. The molecule has 7 heteroatoms. The van der Waals surface area contributed by atoms with Crippen LogP contribution < -0.4 is 10.4 Å². The van der Waals surface area contributed by atoms with E-state index in [0.29, 0.717) is 11.4 Å². The smallest absolute Gasteiger partial charge is 0.365 e. The number of rotatable bonds is 4. The highest BCUT2D eigenvalue weighted by molar-refractivity contribution is 5.45. The molecule has 0 spiro atoms. The van der Waals surface area contributed by atoms with Gasteiger partial charge in [0.05, 0.1) is 5.69 Å². The summed E-state index contributed by atoms with van der Waals surface area (Å²) in [7, 11) is 0. The normalized spacial score (nSPS) is 10.7. The van der Waals surface area contributed by atoms with E-state index in [1.165, 1.54) is 4.68 Å².